The van der Waals surface area contributed by atoms with Gasteiger partial charge in [-0.3, -0.25) is 9.69 Å². The van der Waals surface area contributed by atoms with Crippen molar-refractivity contribution in [3.8, 4) is 0 Å². The molecule has 1 aromatic rings. The van der Waals surface area contributed by atoms with Gasteiger partial charge in [-0.05, 0) is 54.1 Å². The molecule has 0 radical (unpaired) electrons. The van der Waals surface area contributed by atoms with E-state index >= 15 is 0 Å². The molecule has 0 amide bonds. The second kappa shape index (κ2) is 5.27. The van der Waals surface area contributed by atoms with Crippen molar-refractivity contribution in [2.75, 3.05) is 13.1 Å². The van der Waals surface area contributed by atoms with Crippen molar-refractivity contribution in [2.45, 2.75) is 25.8 Å². The Balaban J connectivity index is 1.98. The number of ketones is 1. The first kappa shape index (κ1) is 12.0. The lowest BCUT2D eigenvalue weighted by molar-refractivity contribution is 0.0928. The smallest absolute Gasteiger partial charge is 0.176 e. The molecule has 1 aliphatic carbocycles. The average molecular weight is 329 g/mol. The van der Waals surface area contributed by atoms with E-state index in [0.717, 1.165) is 12.1 Å². The van der Waals surface area contributed by atoms with Gasteiger partial charge in [0.25, 0.3) is 0 Å². The molecule has 0 heterocycles. The van der Waals surface area contributed by atoms with Gasteiger partial charge in [0.2, 0.25) is 0 Å². The molecular formula is C13H16INO. The summed E-state index contributed by atoms with van der Waals surface area (Å²) in [4.78, 5) is 14.3. The molecule has 0 spiro atoms. The largest absolute Gasteiger partial charge is 0.293 e. The van der Waals surface area contributed by atoms with Gasteiger partial charge in [-0.1, -0.05) is 19.1 Å². The molecule has 16 heavy (non-hydrogen) atoms. The van der Waals surface area contributed by atoms with E-state index in [1.165, 1.54) is 16.4 Å². The van der Waals surface area contributed by atoms with E-state index in [-0.39, 0.29) is 5.78 Å². The summed E-state index contributed by atoms with van der Waals surface area (Å²) in [6, 6.07) is 8.48. The van der Waals surface area contributed by atoms with E-state index in [2.05, 4.69) is 34.4 Å². The summed E-state index contributed by atoms with van der Waals surface area (Å²) in [6.07, 6.45) is 2.52. The van der Waals surface area contributed by atoms with Gasteiger partial charge < -0.3 is 0 Å². The van der Waals surface area contributed by atoms with Crippen LogP contribution in [0.3, 0.4) is 0 Å². The zero-order valence-corrected chi connectivity index (χ0v) is 11.6. The third-order valence-electron chi connectivity index (χ3n) is 2.98. The van der Waals surface area contributed by atoms with Crippen LogP contribution < -0.4 is 0 Å². The van der Waals surface area contributed by atoms with E-state index in [4.69, 9.17) is 0 Å². The molecule has 1 saturated carbocycles. The average Bonchev–Trinajstić information content (AvgIpc) is 3.10. The quantitative estimate of drug-likeness (QED) is 0.611. The molecular weight excluding hydrogens is 313 g/mol. The van der Waals surface area contributed by atoms with Gasteiger partial charge in [-0.2, -0.15) is 0 Å². The van der Waals surface area contributed by atoms with Crippen LogP contribution in [0, 0.1) is 3.57 Å². The summed E-state index contributed by atoms with van der Waals surface area (Å²) in [6.45, 7) is 3.67. The van der Waals surface area contributed by atoms with Gasteiger partial charge in [0, 0.05) is 15.2 Å². The van der Waals surface area contributed by atoms with Crippen molar-refractivity contribution in [1.82, 2.24) is 4.90 Å². The number of carbonyl (C=O) groups is 1. The van der Waals surface area contributed by atoms with E-state index < -0.39 is 0 Å². The maximum Gasteiger partial charge on any atom is 0.176 e. The van der Waals surface area contributed by atoms with E-state index in [0.29, 0.717) is 12.6 Å². The first-order valence-electron chi connectivity index (χ1n) is 5.73. The monoisotopic (exact) mass is 329 g/mol. The maximum absolute atomic E-state index is 12.0. The van der Waals surface area contributed by atoms with E-state index in [9.17, 15) is 4.79 Å². The number of hydrogen-bond donors (Lipinski definition) is 0. The number of benzene rings is 1. The fraction of sp³-hybridized carbons (Fsp3) is 0.462. The van der Waals surface area contributed by atoms with Crippen molar-refractivity contribution < 1.29 is 4.79 Å². The Bertz CT molecular complexity index is 370. The van der Waals surface area contributed by atoms with E-state index in [1.807, 2.05) is 24.3 Å². The standard InChI is InChI=1S/C13H16INO/c1-2-15(12-7-8-12)9-13(16)10-3-5-11(14)6-4-10/h3-6,12H,2,7-9H2,1H3. The van der Waals surface area contributed by atoms with Crippen LogP contribution in [-0.4, -0.2) is 29.8 Å². The van der Waals surface area contributed by atoms with Crippen LogP contribution in [0.2, 0.25) is 0 Å². The molecule has 0 bridgehead atoms. The van der Waals surface area contributed by atoms with Crippen LogP contribution in [0.4, 0.5) is 0 Å². The molecule has 1 fully saturated rings. The van der Waals surface area contributed by atoms with Crippen molar-refractivity contribution in [3.05, 3.63) is 33.4 Å². The molecule has 2 nitrogen and oxygen atoms in total. The highest BCUT2D eigenvalue weighted by molar-refractivity contribution is 14.1. The molecule has 0 aromatic heterocycles. The Morgan fingerprint density at radius 1 is 1.38 bits per heavy atom. The molecule has 1 aromatic carbocycles. The van der Waals surface area contributed by atoms with Crippen LogP contribution in [-0.2, 0) is 0 Å². The maximum atomic E-state index is 12.0. The highest BCUT2D eigenvalue weighted by Crippen LogP contribution is 2.26. The molecule has 0 atom stereocenters. The number of Topliss-reactive ketones (excluding diaryl/α,β-unsaturated/α-hetero) is 1. The normalized spacial score (nSPS) is 15.4. The van der Waals surface area contributed by atoms with Crippen molar-refractivity contribution in [2.24, 2.45) is 0 Å². The minimum atomic E-state index is 0.241. The zero-order valence-electron chi connectivity index (χ0n) is 9.45. The molecule has 0 aliphatic heterocycles. The van der Waals surface area contributed by atoms with Gasteiger partial charge in [-0.15, -0.1) is 0 Å². The van der Waals surface area contributed by atoms with Gasteiger partial charge in [0.05, 0.1) is 6.54 Å². The van der Waals surface area contributed by atoms with Gasteiger partial charge in [0.1, 0.15) is 0 Å². The summed E-state index contributed by atoms with van der Waals surface area (Å²) in [5.41, 5.74) is 0.833. The number of likely N-dealkylation sites (N-methyl/N-ethyl adjacent to an activating group) is 1. The Hall–Kier alpha value is -0.420. The van der Waals surface area contributed by atoms with Crippen LogP contribution in [0.25, 0.3) is 0 Å². The second-order valence-electron chi connectivity index (χ2n) is 4.22. The Morgan fingerprint density at radius 2 is 2.00 bits per heavy atom. The van der Waals surface area contributed by atoms with E-state index in [1.54, 1.807) is 0 Å². The number of hydrogen-bond acceptors (Lipinski definition) is 2. The Labute approximate surface area is 110 Å². The lowest BCUT2D eigenvalue weighted by Crippen LogP contribution is -2.31. The number of halogens is 1. The predicted molar refractivity (Wildman–Crippen MR) is 73.8 cm³/mol. The minimum absolute atomic E-state index is 0.241. The van der Waals surface area contributed by atoms with Crippen LogP contribution in [0.15, 0.2) is 24.3 Å². The Morgan fingerprint density at radius 3 is 2.50 bits per heavy atom. The first-order valence-corrected chi connectivity index (χ1v) is 6.81. The van der Waals surface area contributed by atoms with Crippen molar-refractivity contribution in [1.29, 1.82) is 0 Å². The lowest BCUT2D eigenvalue weighted by Gasteiger charge is -2.18. The second-order valence-corrected chi connectivity index (χ2v) is 5.47. The molecule has 0 saturated heterocycles. The van der Waals surface area contributed by atoms with Gasteiger partial charge >= 0.3 is 0 Å². The SMILES string of the molecule is CCN(CC(=O)c1ccc(I)cc1)C1CC1. The fourth-order valence-electron chi connectivity index (χ4n) is 1.85. The molecule has 3 heteroatoms. The Kier molecular flexibility index (Phi) is 3.97. The van der Waals surface area contributed by atoms with Crippen molar-refractivity contribution >= 4 is 28.4 Å². The van der Waals surface area contributed by atoms with Crippen LogP contribution >= 0.6 is 22.6 Å². The molecule has 86 valence electrons. The van der Waals surface area contributed by atoms with Crippen molar-refractivity contribution in [3.63, 3.8) is 0 Å². The summed E-state index contributed by atoms with van der Waals surface area (Å²) in [5, 5.41) is 0. The molecule has 0 unspecified atom stereocenters. The third-order valence-corrected chi connectivity index (χ3v) is 3.70. The minimum Gasteiger partial charge on any atom is -0.293 e. The van der Waals surface area contributed by atoms with Crippen LogP contribution in [0.5, 0.6) is 0 Å². The van der Waals surface area contributed by atoms with Gasteiger partial charge in [-0.25, -0.2) is 0 Å². The number of nitrogens with zero attached hydrogens (tertiary/aromatic N) is 1. The zero-order chi connectivity index (χ0) is 11.5. The summed E-state index contributed by atoms with van der Waals surface area (Å²) >= 11 is 2.25. The lowest BCUT2D eigenvalue weighted by atomic mass is 10.1. The molecule has 2 rings (SSSR count). The molecule has 0 N–H and O–H groups in total. The topological polar surface area (TPSA) is 20.3 Å². The highest BCUT2D eigenvalue weighted by atomic mass is 127. The summed E-state index contributed by atoms with van der Waals surface area (Å²) in [5.74, 6) is 0.241. The number of carbonyl (C=O) groups excluding carboxylic acids is 1. The first-order chi connectivity index (χ1) is 7.70. The third kappa shape index (κ3) is 3.04. The highest BCUT2D eigenvalue weighted by Gasteiger charge is 2.29. The summed E-state index contributed by atoms with van der Waals surface area (Å²) in [7, 11) is 0. The number of rotatable bonds is 5. The molecule has 1 aliphatic rings. The van der Waals surface area contributed by atoms with Crippen LogP contribution in [0.1, 0.15) is 30.1 Å². The fourth-order valence-corrected chi connectivity index (χ4v) is 2.21. The predicted octanol–water partition coefficient (Wildman–Crippen LogP) is 2.96. The van der Waals surface area contributed by atoms with Gasteiger partial charge in [0.15, 0.2) is 5.78 Å². The summed E-state index contributed by atoms with van der Waals surface area (Å²) < 4.78 is 1.17.